The largest absolute Gasteiger partial charge is 0.310 e. The minimum atomic E-state index is -0.972. The molecule has 0 aliphatic carbocycles. The summed E-state index contributed by atoms with van der Waals surface area (Å²) in [5, 5.41) is 11.5. The molecule has 0 saturated heterocycles. The van der Waals surface area contributed by atoms with E-state index in [0.29, 0.717) is 29.6 Å². The molecule has 0 atom stereocenters. The second kappa shape index (κ2) is 6.32. The van der Waals surface area contributed by atoms with E-state index >= 15 is 0 Å². The molecule has 0 aliphatic heterocycles. The van der Waals surface area contributed by atoms with Gasteiger partial charge in [0.2, 0.25) is 0 Å². The molecule has 0 spiro atoms. The third kappa shape index (κ3) is 3.55. The zero-order valence-electron chi connectivity index (χ0n) is 11.1. The monoisotopic (exact) mass is 301 g/mol. The predicted molar refractivity (Wildman–Crippen MR) is 71.8 cm³/mol. The van der Waals surface area contributed by atoms with Gasteiger partial charge in [0, 0.05) is 18.7 Å². The first-order valence-corrected chi connectivity index (χ1v) is 6.97. The predicted octanol–water partition coefficient (Wildman–Crippen LogP) is 3.37. The van der Waals surface area contributed by atoms with Gasteiger partial charge >= 0.3 is 0 Å². The topological polar surface area (TPSA) is 37.8 Å². The summed E-state index contributed by atoms with van der Waals surface area (Å²) in [7, 11) is 0. The lowest BCUT2D eigenvalue weighted by molar-refractivity contribution is 0.547. The lowest BCUT2D eigenvalue weighted by Crippen LogP contribution is -2.18. The van der Waals surface area contributed by atoms with Crippen LogP contribution in [0.3, 0.4) is 0 Å². The number of aromatic nitrogens is 2. The van der Waals surface area contributed by atoms with Crippen molar-refractivity contribution in [3.8, 4) is 10.6 Å². The SMILES string of the molecule is CC(C)CNCc1nnc(-c2c(F)cc(F)cc2F)s1. The van der Waals surface area contributed by atoms with Gasteiger partial charge in [0.05, 0.1) is 5.56 Å². The Kier molecular flexibility index (Phi) is 4.72. The Hall–Kier alpha value is -1.47. The molecule has 1 aromatic heterocycles. The van der Waals surface area contributed by atoms with Crippen LogP contribution in [0.4, 0.5) is 13.2 Å². The van der Waals surface area contributed by atoms with Gasteiger partial charge < -0.3 is 5.32 Å². The second-order valence-electron chi connectivity index (χ2n) is 4.77. The van der Waals surface area contributed by atoms with E-state index in [1.165, 1.54) is 0 Å². The quantitative estimate of drug-likeness (QED) is 0.920. The first-order chi connectivity index (χ1) is 9.47. The molecule has 1 aromatic carbocycles. The number of halogens is 3. The molecule has 7 heteroatoms. The summed E-state index contributed by atoms with van der Waals surface area (Å²) in [6.07, 6.45) is 0. The molecule has 0 fully saturated rings. The maximum Gasteiger partial charge on any atom is 0.153 e. The number of rotatable bonds is 5. The molecule has 3 nitrogen and oxygen atoms in total. The van der Waals surface area contributed by atoms with Gasteiger partial charge in [0.15, 0.2) is 5.01 Å². The van der Waals surface area contributed by atoms with Crippen LogP contribution in [0.25, 0.3) is 10.6 Å². The van der Waals surface area contributed by atoms with Crippen LogP contribution in [-0.4, -0.2) is 16.7 Å². The van der Waals surface area contributed by atoms with Crippen LogP contribution in [0.15, 0.2) is 12.1 Å². The fourth-order valence-electron chi connectivity index (χ4n) is 1.64. The van der Waals surface area contributed by atoms with Crippen molar-refractivity contribution in [2.75, 3.05) is 6.54 Å². The highest BCUT2D eigenvalue weighted by molar-refractivity contribution is 7.14. The Morgan fingerprint density at radius 3 is 2.40 bits per heavy atom. The number of nitrogens with one attached hydrogen (secondary N) is 1. The molecule has 108 valence electrons. The van der Waals surface area contributed by atoms with E-state index in [4.69, 9.17) is 0 Å². The van der Waals surface area contributed by atoms with Crippen LogP contribution in [0.2, 0.25) is 0 Å². The van der Waals surface area contributed by atoms with E-state index in [1.54, 1.807) is 0 Å². The second-order valence-corrected chi connectivity index (χ2v) is 5.83. The average Bonchev–Trinajstić information content (AvgIpc) is 2.75. The normalized spacial score (nSPS) is 11.3. The third-order valence-electron chi connectivity index (χ3n) is 2.52. The zero-order chi connectivity index (χ0) is 14.7. The van der Waals surface area contributed by atoms with E-state index in [2.05, 4.69) is 29.4 Å². The van der Waals surface area contributed by atoms with Crippen molar-refractivity contribution in [1.82, 2.24) is 15.5 Å². The third-order valence-corrected chi connectivity index (χ3v) is 3.46. The summed E-state index contributed by atoms with van der Waals surface area (Å²) in [5.41, 5.74) is -0.334. The van der Waals surface area contributed by atoms with Crippen molar-refractivity contribution in [1.29, 1.82) is 0 Å². The molecule has 0 saturated carbocycles. The van der Waals surface area contributed by atoms with E-state index in [-0.39, 0.29) is 10.6 Å². The molecular weight excluding hydrogens is 287 g/mol. The number of benzene rings is 1. The van der Waals surface area contributed by atoms with Gasteiger partial charge in [-0.05, 0) is 12.5 Å². The van der Waals surface area contributed by atoms with Gasteiger partial charge in [-0.25, -0.2) is 13.2 Å². The summed E-state index contributed by atoms with van der Waals surface area (Å²) >= 11 is 1.08. The van der Waals surface area contributed by atoms with Gasteiger partial charge in [-0.15, -0.1) is 10.2 Å². The molecule has 2 rings (SSSR count). The molecule has 1 N–H and O–H groups in total. The lowest BCUT2D eigenvalue weighted by atomic mass is 10.2. The first-order valence-electron chi connectivity index (χ1n) is 6.15. The molecule has 20 heavy (non-hydrogen) atoms. The van der Waals surface area contributed by atoms with Crippen LogP contribution >= 0.6 is 11.3 Å². The molecule has 0 amide bonds. The fraction of sp³-hybridized carbons (Fsp3) is 0.385. The average molecular weight is 301 g/mol. The molecule has 0 radical (unpaired) electrons. The van der Waals surface area contributed by atoms with E-state index in [1.807, 2.05) is 0 Å². The Morgan fingerprint density at radius 1 is 1.15 bits per heavy atom. The van der Waals surface area contributed by atoms with Gasteiger partial charge in [-0.3, -0.25) is 0 Å². The van der Waals surface area contributed by atoms with Crippen molar-refractivity contribution in [3.05, 3.63) is 34.6 Å². The number of hydrogen-bond donors (Lipinski definition) is 1. The number of hydrogen-bond acceptors (Lipinski definition) is 4. The van der Waals surface area contributed by atoms with E-state index < -0.39 is 17.5 Å². The molecule has 0 bridgehead atoms. The highest BCUT2D eigenvalue weighted by Gasteiger charge is 2.17. The van der Waals surface area contributed by atoms with Crippen LogP contribution in [0.5, 0.6) is 0 Å². The first kappa shape index (κ1) is 14.9. The van der Waals surface area contributed by atoms with E-state index in [9.17, 15) is 13.2 Å². The zero-order valence-corrected chi connectivity index (χ0v) is 11.9. The standard InChI is InChI=1S/C13H14F3N3S/c1-7(2)5-17-6-11-18-19-13(20-11)12-9(15)3-8(14)4-10(12)16/h3-4,7,17H,5-6H2,1-2H3. The summed E-state index contributed by atoms with van der Waals surface area (Å²) < 4.78 is 40.1. The smallest absolute Gasteiger partial charge is 0.153 e. The summed E-state index contributed by atoms with van der Waals surface area (Å²) in [4.78, 5) is 0. The Morgan fingerprint density at radius 2 is 1.80 bits per heavy atom. The highest BCUT2D eigenvalue weighted by atomic mass is 32.1. The van der Waals surface area contributed by atoms with Crippen molar-refractivity contribution in [2.24, 2.45) is 5.92 Å². The van der Waals surface area contributed by atoms with Crippen LogP contribution in [0, 0.1) is 23.4 Å². The van der Waals surface area contributed by atoms with Gasteiger partial charge in [0.1, 0.15) is 22.5 Å². The van der Waals surface area contributed by atoms with Crippen LogP contribution in [-0.2, 0) is 6.54 Å². The van der Waals surface area contributed by atoms with Gasteiger partial charge in [0.25, 0.3) is 0 Å². The van der Waals surface area contributed by atoms with Crippen molar-refractivity contribution < 1.29 is 13.2 Å². The molecule has 0 aliphatic rings. The summed E-state index contributed by atoms with van der Waals surface area (Å²) in [6, 6.07) is 1.27. The van der Waals surface area contributed by atoms with Crippen molar-refractivity contribution in [3.63, 3.8) is 0 Å². The van der Waals surface area contributed by atoms with Crippen LogP contribution < -0.4 is 5.32 Å². The summed E-state index contributed by atoms with van der Waals surface area (Å²) in [6.45, 7) is 5.44. The van der Waals surface area contributed by atoms with Crippen molar-refractivity contribution >= 4 is 11.3 Å². The Labute approximate surface area is 118 Å². The summed E-state index contributed by atoms with van der Waals surface area (Å²) in [5.74, 6) is -2.40. The minimum absolute atomic E-state index is 0.112. The lowest BCUT2D eigenvalue weighted by Gasteiger charge is -2.04. The van der Waals surface area contributed by atoms with Gasteiger partial charge in [-0.2, -0.15) is 0 Å². The van der Waals surface area contributed by atoms with Crippen LogP contribution in [0.1, 0.15) is 18.9 Å². The Bertz CT molecular complexity index is 575. The minimum Gasteiger partial charge on any atom is -0.310 e. The van der Waals surface area contributed by atoms with Gasteiger partial charge in [-0.1, -0.05) is 25.2 Å². The molecule has 2 aromatic rings. The molecule has 1 heterocycles. The maximum absolute atomic E-state index is 13.6. The molecular formula is C13H14F3N3S. The van der Waals surface area contributed by atoms with E-state index in [0.717, 1.165) is 17.9 Å². The highest BCUT2D eigenvalue weighted by Crippen LogP contribution is 2.29. The number of nitrogens with zero attached hydrogens (tertiary/aromatic N) is 2. The maximum atomic E-state index is 13.6. The Balaban J connectivity index is 2.17. The molecule has 0 unspecified atom stereocenters. The van der Waals surface area contributed by atoms with Crippen molar-refractivity contribution in [2.45, 2.75) is 20.4 Å². The fourth-order valence-corrected chi connectivity index (χ4v) is 2.50.